The average Bonchev–Trinajstić information content (AvgIpc) is 3.25. The van der Waals surface area contributed by atoms with Crippen LogP contribution >= 0.6 is 0 Å². The van der Waals surface area contributed by atoms with Crippen molar-refractivity contribution < 1.29 is 28.6 Å². The quantitative estimate of drug-likeness (QED) is 0.440. The van der Waals surface area contributed by atoms with Crippen LogP contribution < -0.4 is 15.4 Å². The average molecular weight is 526 g/mol. The first-order chi connectivity index (χ1) is 18.2. The number of amides is 3. The van der Waals surface area contributed by atoms with Crippen LogP contribution in [0, 0.1) is 5.82 Å². The highest BCUT2D eigenvalue weighted by molar-refractivity contribution is 6.07. The van der Waals surface area contributed by atoms with Crippen LogP contribution in [0.5, 0.6) is 5.75 Å². The molecule has 3 N–H and O–H groups in total. The molecular formula is C27H32FN5O5. The Bertz CT molecular complexity index is 1250. The third-order valence-corrected chi connectivity index (χ3v) is 7.49. The number of anilines is 1. The molecule has 1 atom stereocenters. The number of hydrogen-bond donors (Lipinski definition) is 3. The minimum Gasteiger partial charge on any atom is -0.492 e. The Kier molecular flexibility index (Phi) is 7.33. The van der Waals surface area contributed by atoms with E-state index in [4.69, 9.17) is 4.74 Å². The molecule has 2 aromatic rings. The summed E-state index contributed by atoms with van der Waals surface area (Å²) in [6, 6.07) is 9.72. The summed E-state index contributed by atoms with van der Waals surface area (Å²) in [7, 11) is 2.11. The van der Waals surface area contributed by atoms with E-state index in [2.05, 4.69) is 27.5 Å². The number of benzene rings is 2. The van der Waals surface area contributed by atoms with Gasteiger partial charge in [0.15, 0.2) is 0 Å². The second-order valence-electron chi connectivity index (χ2n) is 10.0. The summed E-state index contributed by atoms with van der Waals surface area (Å²) < 4.78 is 20.5. The molecule has 3 aliphatic heterocycles. The number of rotatable bonds is 8. The van der Waals surface area contributed by atoms with Gasteiger partial charge in [-0.1, -0.05) is 6.07 Å². The van der Waals surface area contributed by atoms with Crippen molar-refractivity contribution in [1.29, 1.82) is 0 Å². The van der Waals surface area contributed by atoms with Crippen LogP contribution in [0.2, 0.25) is 0 Å². The van der Waals surface area contributed by atoms with Crippen molar-refractivity contribution in [3.63, 3.8) is 0 Å². The first-order valence-corrected chi connectivity index (χ1v) is 12.8. The topological polar surface area (TPSA) is 114 Å². The van der Waals surface area contributed by atoms with Gasteiger partial charge < -0.3 is 20.1 Å². The number of piperazine rings is 1. The van der Waals surface area contributed by atoms with Crippen molar-refractivity contribution in [1.82, 2.24) is 20.0 Å². The molecule has 0 aliphatic carbocycles. The number of hydrogen-bond acceptors (Lipinski definition) is 8. The molecule has 2 fully saturated rings. The monoisotopic (exact) mass is 525 g/mol. The van der Waals surface area contributed by atoms with E-state index in [0.29, 0.717) is 34.7 Å². The minimum absolute atomic E-state index is 0.0205. The summed E-state index contributed by atoms with van der Waals surface area (Å²) in [4.78, 5) is 42.7. The Morgan fingerprint density at radius 3 is 2.68 bits per heavy atom. The summed E-state index contributed by atoms with van der Waals surface area (Å²) in [6.07, 6.45) is -0.243. The zero-order valence-corrected chi connectivity index (χ0v) is 21.3. The number of nitrogens with zero attached hydrogens (tertiary/aromatic N) is 3. The predicted octanol–water partition coefficient (Wildman–Crippen LogP) is 1.15. The van der Waals surface area contributed by atoms with Gasteiger partial charge in [-0.3, -0.25) is 29.5 Å². The smallest absolute Gasteiger partial charge is 0.279 e. The van der Waals surface area contributed by atoms with Gasteiger partial charge in [0.2, 0.25) is 11.6 Å². The van der Waals surface area contributed by atoms with Gasteiger partial charge in [-0.2, -0.15) is 0 Å². The van der Waals surface area contributed by atoms with E-state index in [1.165, 1.54) is 6.07 Å². The fourth-order valence-electron chi connectivity index (χ4n) is 5.08. The standard InChI is InChI=1S/C27H32FN5O5/c1-31-9-11-32(12-10-31)13-14-38-19-5-6-22(28)18(15-19)16-29-23-4-2-3-20-21(23)17-33(25(20)35)27(37)8-7-24(34)30-26(27)36/h2-6,15,29,37H,7-14,16-17H2,1H3,(H,30,34,36)/t27-/m1/s1. The maximum Gasteiger partial charge on any atom is 0.279 e. The lowest BCUT2D eigenvalue weighted by Crippen LogP contribution is -2.63. The van der Waals surface area contributed by atoms with Gasteiger partial charge in [-0.25, -0.2) is 4.39 Å². The van der Waals surface area contributed by atoms with E-state index < -0.39 is 23.4 Å². The molecule has 3 amide bonds. The Morgan fingerprint density at radius 1 is 1.13 bits per heavy atom. The lowest BCUT2D eigenvalue weighted by atomic mass is 10.00. The van der Waals surface area contributed by atoms with Crippen LogP contribution in [0.1, 0.15) is 34.3 Å². The van der Waals surface area contributed by atoms with Gasteiger partial charge in [-0.05, 0) is 37.4 Å². The maximum absolute atomic E-state index is 14.6. The third kappa shape index (κ3) is 5.22. The van der Waals surface area contributed by atoms with Gasteiger partial charge >= 0.3 is 0 Å². The molecule has 0 saturated carbocycles. The van der Waals surface area contributed by atoms with Crippen molar-refractivity contribution in [3.8, 4) is 5.75 Å². The Morgan fingerprint density at radius 2 is 1.92 bits per heavy atom. The van der Waals surface area contributed by atoms with Crippen LogP contribution in [0.4, 0.5) is 10.1 Å². The van der Waals surface area contributed by atoms with Crippen LogP contribution in [-0.2, 0) is 22.7 Å². The van der Waals surface area contributed by atoms with Crippen molar-refractivity contribution in [2.24, 2.45) is 0 Å². The van der Waals surface area contributed by atoms with Crippen molar-refractivity contribution in [2.75, 3.05) is 51.7 Å². The number of imide groups is 1. The predicted molar refractivity (Wildman–Crippen MR) is 137 cm³/mol. The summed E-state index contributed by atoms with van der Waals surface area (Å²) in [5.74, 6) is -1.70. The van der Waals surface area contributed by atoms with E-state index in [9.17, 15) is 23.9 Å². The number of likely N-dealkylation sites (N-methyl/N-ethyl adjacent to an activating group) is 1. The Balaban J connectivity index is 1.23. The SMILES string of the molecule is CN1CCN(CCOc2ccc(F)c(CNc3cccc4c3CN([C@@]3(O)CCC(=O)NC3=O)C4=O)c2)CC1. The van der Waals surface area contributed by atoms with E-state index >= 15 is 0 Å². The molecule has 3 heterocycles. The second-order valence-corrected chi connectivity index (χ2v) is 10.0. The van der Waals surface area contributed by atoms with E-state index in [0.717, 1.165) is 37.6 Å². The molecule has 10 nitrogen and oxygen atoms in total. The van der Waals surface area contributed by atoms with Crippen LogP contribution in [0.15, 0.2) is 36.4 Å². The van der Waals surface area contributed by atoms with Crippen molar-refractivity contribution >= 4 is 23.4 Å². The molecule has 11 heteroatoms. The normalized spacial score (nSPS) is 22.4. The van der Waals surface area contributed by atoms with Gasteiger partial charge in [0.1, 0.15) is 18.2 Å². The lowest BCUT2D eigenvalue weighted by molar-refractivity contribution is -0.167. The number of nitrogens with one attached hydrogen (secondary N) is 2. The number of aliphatic hydroxyl groups is 1. The lowest BCUT2D eigenvalue weighted by Gasteiger charge is -2.37. The zero-order chi connectivity index (χ0) is 26.9. The second kappa shape index (κ2) is 10.7. The summed E-state index contributed by atoms with van der Waals surface area (Å²) >= 11 is 0. The van der Waals surface area contributed by atoms with Gasteiger partial charge in [0, 0.05) is 74.5 Å². The first kappa shape index (κ1) is 26.1. The molecule has 0 aromatic heterocycles. The molecule has 2 aromatic carbocycles. The molecule has 202 valence electrons. The Hall–Kier alpha value is -3.54. The number of carbonyl (C=O) groups excluding carboxylic acids is 3. The number of ether oxygens (including phenoxy) is 1. The van der Waals surface area contributed by atoms with Gasteiger partial charge in [0.25, 0.3) is 11.8 Å². The van der Waals surface area contributed by atoms with Crippen molar-refractivity contribution in [3.05, 3.63) is 58.9 Å². The largest absolute Gasteiger partial charge is 0.492 e. The number of carbonyl (C=O) groups is 3. The molecule has 3 aliphatic rings. The van der Waals surface area contributed by atoms with E-state index in [1.54, 1.807) is 30.3 Å². The van der Waals surface area contributed by atoms with Gasteiger partial charge in [0.05, 0.1) is 6.54 Å². The highest BCUT2D eigenvalue weighted by Crippen LogP contribution is 2.36. The molecular weight excluding hydrogens is 493 g/mol. The fourth-order valence-corrected chi connectivity index (χ4v) is 5.08. The number of piperidine rings is 1. The minimum atomic E-state index is -2.11. The zero-order valence-electron chi connectivity index (χ0n) is 21.3. The molecule has 0 radical (unpaired) electrons. The molecule has 0 unspecified atom stereocenters. The molecule has 2 saturated heterocycles. The molecule has 0 bridgehead atoms. The van der Waals surface area contributed by atoms with E-state index in [-0.39, 0.29) is 31.7 Å². The highest BCUT2D eigenvalue weighted by Gasteiger charge is 2.51. The van der Waals surface area contributed by atoms with E-state index in [1.807, 2.05) is 0 Å². The third-order valence-electron chi connectivity index (χ3n) is 7.49. The van der Waals surface area contributed by atoms with Crippen LogP contribution in [-0.4, -0.2) is 89.6 Å². The fraction of sp³-hybridized carbons (Fsp3) is 0.444. The van der Waals surface area contributed by atoms with Gasteiger partial charge in [-0.15, -0.1) is 0 Å². The summed E-state index contributed by atoms with van der Waals surface area (Å²) in [5.41, 5.74) is -0.173. The number of halogens is 1. The van der Waals surface area contributed by atoms with Crippen LogP contribution in [0.25, 0.3) is 0 Å². The van der Waals surface area contributed by atoms with Crippen LogP contribution in [0.3, 0.4) is 0 Å². The highest BCUT2D eigenvalue weighted by atomic mass is 19.1. The molecule has 0 spiro atoms. The number of fused-ring (bicyclic) bond motifs is 1. The molecule has 5 rings (SSSR count). The van der Waals surface area contributed by atoms with Crippen molar-refractivity contribution in [2.45, 2.75) is 31.7 Å². The Labute approximate surface area is 220 Å². The summed E-state index contributed by atoms with van der Waals surface area (Å²) in [6.45, 7) is 5.50. The first-order valence-electron chi connectivity index (χ1n) is 12.8. The summed E-state index contributed by atoms with van der Waals surface area (Å²) in [5, 5.41) is 16.3. The molecule has 38 heavy (non-hydrogen) atoms. The maximum atomic E-state index is 14.6.